The summed E-state index contributed by atoms with van der Waals surface area (Å²) in [6.07, 6.45) is 0.0723. The SMILES string of the molecule is [B]C1([B])Cc2ncc(C(C(C)=O)=C(C)N)cc2C(O)(O)N1C(=O)OC(C)(C)C. The van der Waals surface area contributed by atoms with Crippen LogP contribution in [0.4, 0.5) is 4.79 Å². The Hall–Kier alpha value is -2.32. The van der Waals surface area contributed by atoms with Gasteiger partial charge in [0.05, 0.1) is 26.9 Å². The first-order valence-electron chi connectivity index (χ1n) is 8.61. The summed E-state index contributed by atoms with van der Waals surface area (Å²) in [5.74, 6) is -3.25. The molecule has 0 saturated carbocycles. The van der Waals surface area contributed by atoms with Gasteiger partial charge < -0.3 is 20.7 Å². The number of aliphatic hydroxyl groups is 2. The molecule has 4 radical (unpaired) electrons. The van der Waals surface area contributed by atoms with Crippen molar-refractivity contribution in [1.29, 1.82) is 0 Å². The smallest absolute Gasteiger partial charge is 0.413 e. The molecule has 1 aliphatic rings. The van der Waals surface area contributed by atoms with Crippen LogP contribution in [0.3, 0.4) is 0 Å². The Morgan fingerprint density at radius 1 is 1.29 bits per heavy atom. The Morgan fingerprint density at radius 2 is 1.86 bits per heavy atom. The summed E-state index contributed by atoms with van der Waals surface area (Å²) in [4.78, 5) is 29.2. The lowest BCUT2D eigenvalue weighted by Gasteiger charge is -2.50. The molecule has 1 aromatic rings. The summed E-state index contributed by atoms with van der Waals surface area (Å²) in [7, 11) is 12.0. The molecule has 0 fully saturated rings. The number of ketones is 1. The lowest BCUT2D eigenvalue weighted by Crippen LogP contribution is -2.67. The van der Waals surface area contributed by atoms with Gasteiger partial charge in [-0.15, -0.1) is 0 Å². The molecule has 10 heteroatoms. The van der Waals surface area contributed by atoms with Crippen LogP contribution >= 0.6 is 0 Å². The van der Waals surface area contributed by atoms with Crippen LogP contribution in [-0.4, -0.2) is 58.6 Å². The molecule has 2 rings (SSSR count). The lowest BCUT2D eigenvalue weighted by molar-refractivity contribution is -0.276. The molecule has 0 bridgehead atoms. The van der Waals surface area contributed by atoms with Crippen molar-refractivity contribution in [2.24, 2.45) is 5.73 Å². The predicted molar refractivity (Wildman–Crippen MR) is 104 cm³/mol. The molecule has 8 nitrogen and oxygen atoms in total. The van der Waals surface area contributed by atoms with Gasteiger partial charge in [-0.25, -0.2) is 4.79 Å². The minimum absolute atomic E-state index is 0.151. The molecule has 0 saturated heterocycles. The maximum Gasteiger partial charge on any atom is 0.413 e. The Morgan fingerprint density at radius 3 is 2.32 bits per heavy atom. The standard InChI is InChI=1S/C18H23B2N3O5/c1-9(21)14(10(2)24)11-6-12-13(22-8-11)7-17(19,20)23(18(12,26)27)15(25)28-16(3,4)5/h6,8,26-27H,7,21H2,1-5H3. The molecule has 1 amide bonds. The minimum atomic E-state index is -2.92. The number of rotatable bonds is 2. The molecule has 0 aromatic carbocycles. The zero-order chi connectivity index (χ0) is 21.7. The van der Waals surface area contributed by atoms with Crippen molar-refractivity contribution in [3.05, 3.63) is 34.8 Å². The summed E-state index contributed by atoms with van der Waals surface area (Å²) < 4.78 is 5.22. The quantitative estimate of drug-likeness (QED) is 0.380. The number of nitrogens with two attached hydrogens (primary N) is 1. The second kappa shape index (κ2) is 6.93. The number of nitrogens with zero attached hydrogens (tertiary/aromatic N) is 2. The van der Waals surface area contributed by atoms with E-state index in [1.54, 1.807) is 27.7 Å². The molecule has 2 heterocycles. The van der Waals surface area contributed by atoms with E-state index in [-0.39, 0.29) is 40.3 Å². The zero-order valence-electron chi connectivity index (χ0n) is 16.6. The van der Waals surface area contributed by atoms with Gasteiger partial charge in [-0.2, -0.15) is 0 Å². The van der Waals surface area contributed by atoms with Gasteiger partial charge >= 0.3 is 6.09 Å². The summed E-state index contributed by atoms with van der Waals surface area (Å²) in [6.45, 7) is 7.71. The summed E-state index contributed by atoms with van der Waals surface area (Å²) >= 11 is 0. The Labute approximate surface area is 166 Å². The normalized spacial score (nSPS) is 18.8. The van der Waals surface area contributed by atoms with E-state index < -0.39 is 22.9 Å². The predicted octanol–water partition coefficient (Wildman–Crippen LogP) is 0.239. The first-order chi connectivity index (χ1) is 12.6. The number of fused-ring (bicyclic) bond motifs is 1. The molecule has 4 N–H and O–H groups in total. The Balaban J connectivity index is 2.63. The fourth-order valence-corrected chi connectivity index (χ4v) is 3.13. The van der Waals surface area contributed by atoms with Crippen LogP contribution in [0.2, 0.25) is 0 Å². The molecule has 0 unspecified atom stereocenters. The molecule has 146 valence electrons. The number of aromatic nitrogens is 1. The van der Waals surface area contributed by atoms with E-state index in [2.05, 4.69) is 4.98 Å². The highest BCUT2D eigenvalue weighted by molar-refractivity contribution is 6.41. The number of Topliss-reactive ketones (excluding diaryl/α,β-unsaturated/α-hetero) is 1. The molecule has 28 heavy (non-hydrogen) atoms. The van der Waals surface area contributed by atoms with Gasteiger partial charge in [-0.3, -0.25) is 14.7 Å². The maximum atomic E-state index is 12.6. The third-order valence-electron chi connectivity index (χ3n) is 4.12. The third kappa shape index (κ3) is 4.07. The van der Waals surface area contributed by atoms with Crippen molar-refractivity contribution in [3.63, 3.8) is 0 Å². The number of pyridine rings is 1. The maximum absolute atomic E-state index is 12.6. The largest absolute Gasteiger partial charge is 0.444 e. The first-order valence-corrected chi connectivity index (χ1v) is 8.61. The van der Waals surface area contributed by atoms with Gasteiger partial charge in [-0.05, 0) is 52.4 Å². The molecule has 0 aliphatic carbocycles. The zero-order valence-corrected chi connectivity index (χ0v) is 16.6. The van der Waals surface area contributed by atoms with E-state index in [0.717, 1.165) is 0 Å². The van der Waals surface area contributed by atoms with Crippen molar-refractivity contribution in [3.8, 4) is 0 Å². The van der Waals surface area contributed by atoms with Crippen LogP contribution in [0, 0.1) is 0 Å². The van der Waals surface area contributed by atoms with Crippen LogP contribution in [0.1, 0.15) is 51.4 Å². The number of carbonyl (C=O) groups is 2. The van der Waals surface area contributed by atoms with Gasteiger partial charge in [0.1, 0.15) is 5.60 Å². The van der Waals surface area contributed by atoms with Crippen LogP contribution in [-0.2, 0) is 21.9 Å². The Kier molecular flexibility index (Phi) is 5.44. The number of allylic oxidation sites excluding steroid dienone is 2. The molecular formula is C18H23B2N3O5. The van der Waals surface area contributed by atoms with E-state index >= 15 is 0 Å². The second-order valence-electron chi connectivity index (χ2n) is 7.95. The minimum Gasteiger partial charge on any atom is -0.444 e. The number of hydrogen-bond donors (Lipinski definition) is 3. The molecule has 0 spiro atoms. The molecular weight excluding hydrogens is 360 g/mol. The van der Waals surface area contributed by atoms with E-state index in [9.17, 15) is 19.8 Å². The van der Waals surface area contributed by atoms with E-state index in [1.807, 2.05) is 0 Å². The van der Waals surface area contributed by atoms with Crippen LogP contribution in [0.25, 0.3) is 5.57 Å². The highest BCUT2D eigenvalue weighted by Crippen LogP contribution is 2.39. The lowest BCUT2D eigenvalue weighted by atomic mass is 9.56. The first kappa shape index (κ1) is 22.0. The number of amides is 1. The topological polar surface area (TPSA) is 126 Å². The molecule has 0 atom stereocenters. The molecule has 1 aromatic heterocycles. The van der Waals surface area contributed by atoms with Crippen molar-refractivity contribution >= 4 is 33.1 Å². The number of ether oxygens (including phenoxy) is 1. The van der Waals surface area contributed by atoms with Gasteiger partial charge in [0.2, 0.25) is 0 Å². The van der Waals surface area contributed by atoms with Gasteiger partial charge in [0.25, 0.3) is 5.91 Å². The summed E-state index contributed by atoms with van der Waals surface area (Å²) in [5, 5.41) is 19.7. The van der Waals surface area contributed by atoms with Crippen molar-refractivity contribution in [2.45, 2.75) is 57.9 Å². The third-order valence-corrected chi connectivity index (χ3v) is 4.12. The fraction of sp³-hybridized carbons (Fsp3) is 0.500. The van der Waals surface area contributed by atoms with Crippen LogP contribution in [0.5, 0.6) is 0 Å². The van der Waals surface area contributed by atoms with Crippen LogP contribution in [0.15, 0.2) is 18.0 Å². The van der Waals surface area contributed by atoms with E-state index in [0.29, 0.717) is 4.90 Å². The highest BCUT2D eigenvalue weighted by Gasteiger charge is 2.52. The number of carbonyl (C=O) groups excluding carboxylic acids is 2. The van der Waals surface area contributed by atoms with Crippen molar-refractivity contribution < 1.29 is 24.5 Å². The van der Waals surface area contributed by atoms with Crippen LogP contribution < -0.4 is 5.73 Å². The van der Waals surface area contributed by atoms with E-state index in [1.165, 1.54) is 19.2 Å². The average molecular weight is 383 g/mol. The Bertz CT molecular complexity index is 855. The average Bonchev–Trinajstić information content (AvgIpc) is 2.43. The second-order valence-corrected chi connectivity index (χ2v) is 7.95. The summed E-state index contributed by atoms with van der Waals surface area (Å²) in [5.41, 5.74) is 5.55. The van der Waals surface area contributed by atoms with Gasteiger partial charge in [-0.1, -0.05) is 0 Å². The van der Waals surface area contributed by atoms with Gasteiger partial charge in [0, 0.05) is 23.0 Å². The van der Waals surface area contributed by atoms with Gasteiger partial charge in [0.15, 0.2) is 5.78 Å². The fourth-order valence-electron chi connectivity index (χ4n) is 3.13. The van der Waals surface area contributed by atoms with Crippen molar-refractivity contribution in [2.75, 3.05) is 0 Å². The van der Waals surface area contributed by atoms with Crippen molar-refractivity contribution in [1.82, 2.24) is 9.88 Å². The highest BCUT2D eigenvalue weighted by atomic mass is 16.6. The summed E-state index contributed by atoms with van der Waals surface area (Å²) in [6, 6.07) is 1.32. The molecule has 1 aliphatic heterocycles. The monoisotopic (exact) mass is 383 g/mol. The van der Waals surface area contributed by atoms with E-state index in [4.69, 9.17) is 26.2 Å². The number of hydrogen-bond acceptors (Lipinski definition) is 7.